The van der Waals surface area contributed by atoms with Crippen LogP contribution in [0.2, 0.25) is 0 Å². The van der Waals surface area contributed by atoms with E-state index in [1.54, 1.807) is 0 Å². The van der Waals surface area contributed by atoms with E-state index >= 15 is 0 Å². The Hall–Kier alpha value is -1.51. The van der Waals surface area contributed by atoms with Gasteiger partial charge in [0.1, 0.15) is 5.65 Å². The van der Waals surface area contributed by atoms with Gasteiger partial charge in [-0.25, -0.2) is 4.98 Å². The average molecular weight is 175 g/mol. The van der Waals surface area contributed by atoms with E-state index in [0.717, 1.165) is 11.3 Å². The normalized spacial score (nSPS) is 10.7. The van der Waals surface area contributed by atoms with Crippen LogP contribution in [0.25, 0.3) is 11.0 Å². The van der Waals surface area contributed by atoms with Crippen molar-refractivity contribution in [2.24, 2.45) is 7.05 Å². The average Bonchev–Trinajstić information content (AvgIpc) is 2.43. The summed E-state index contributed by atoms with van der Waals surface area (Å²) in [6.07, 6.45) is 1.83. The molecule has 0 bridgehead atoms. The Morgan fingerprint density at radius 3 is 2.92 bits per heavy atom. The fourth-order valence-electron chi connectivity index (χ4n) is 1.56. The molecule has 1 N–H and O–H groups in total. The number of hydrogen-bond acceptors (Lipinski definition) is 2. The highest BCUT2D eigenvalue weighted by atomic mass is 15.0. The van der Waals surface area contributed by atoms with E-state index in [1.165, 1.54) is 11.1 Å². The maximum absolute atomic E-state index is 4.33. The predicted octanol–water partition coefficient (Wildman–Crippen LogP) is 1.92. The second kappa shape index (κ2) is 2.76. The zero-order valence-corrected chi connectivity index (χ0v) is 8.13. The van der Waals surface area contributed by atoms with Gasteiger partial charge in [-0.2, -0.15) is 0 Å². The Labute approximate surface area is 77.4 Å². The van der Waals surface area contributed by atoms with Crippen molar-refractivity contribution in [1.29, 1.82) is 0 Å². The number of nitrogens with zero attached hydrogens (tertiary/aromatic N) is 2. The van der Waals surface area contributed by atoms with Gasteiger partial charge in [0.25, 0.3) is 0 Å². The largest absolute Gasteiger partial charge is 0.387 e. The molecule has 0 atom stereocenters. The molecule has 0 aromatic carbocycles. The minimum absolute atomic E-state index is 1.03. The third kappa shape index (κ3) is 1.08. The lowest BCUT2D eigenvalue weighted by Crippen LogP contribution is -1.93. The highest BCUT2D eigenvalue weighted by Crippen LogP contribution is 2.23. The first-order valence-electron chi connectivity index (χ1n) is 4.33. The molecular formula is C10H13N3. The first-order valence-corrected chi connectivity index (χ1v) is 4.33. The summed E-state index contributed by atoms with van der Waals surface area (Å²) in [5, 5.41) is 4.34. The van der Waals surface area contributed by atoms with Crippen molar-refractivity contribution >= 4 is 16.7 Å². The number of nitrogens with one attached hydrogen (secondary N) is 1. The van der Waals surface area contributed by atoms with Gasteiger partial charge in [-0.3, -0.25) is 0 Å². The fourth-order valence-corrected chi connectivity index (χ4v) is 1.56. The second-order valence-corrected chi connectivity index (χ2v) is 3.19. The maximum Gasteiger partial charge on any atom is 0.141 e. The minimum Gasteiger partial charge on any atom is -0.387 e. The molecule has 2 heterocycles. The van der Waals surface area contributed by atoms with Crippen molar-refractivity contribution in [3.63, 3.8) is 0 Å². The van der Waals surface area contributed by atoms with Crippen LogP contribution in [0.4, 0.5) is 5.69 Å². The number of aromatic nitrogens is 2. The van der Waals surface area contributed by atoms with Gasteiger partial charge >= 0.3 is 0 Å². The van der Waals surface area contributed by atoms with Crippen molar-refractivity contribution in [3.8, 4) is 0 Å². The van der Waals surface area contributed by atoms with Crippen LogP contribution < -0.4 is 5.32 Å². The van der Waals surface area contributed by atoms with Gasteiger partial charge in [-0.15, -0.1) is 0 Å². The van der Waals surface area contributed by atoms with Crippen molar-refractivity contribution in [3.05, 3.63) is 24.0 Å². The number of pyridine rings is 1. The smallest absolute Gasteiger partial charge is 0.141 e. The predicted molar refractivity (Wildman–Crippen MR) is 55.0 cm³/mol. The first kappa shape index (κ1) is 8.10. The third-order valence-electron chi connectivity index (χ3n) is 2.44. The SMILES string of the molecule is CNc1ccnc2c1cc(C)n2C. The van der Waals surface area contributed by atoms with E-state index in [-0.39, 0.29) is 0 Å². The van der Waals surface area contributed by atoms with Crippen LogP contribution in [0.3, 0.4) is 0 Å². The minimum atomic E-state index is 1.03. The van der Waals surface area contributed by atoms with Crippen molar-refractivity contribution in [1.82, 2.24) is 9.55 Å². The van der Waals surface area contributed by atoms with Crippen LogP contribution in [0.5, 0.6) is 0 Å². The van der Waals surface area contributed by atoms with Gasteiger partial charge in [0.15, 0.2) is 0 Å². The third-order valence-corrected chi connectivity index (χ3v) is 2.44. The number of fused-ring (bicyclic) bond motifs is 1. The lowest BCUT2D eigenvalue weighted by Gasteiger charge is -2.01. The summed E-state index contributed by atoms with van der Waals surface area (Å²) in [5.41, 5.74) is 3.39. The van der Waals surface area contributed by atoms with Gasteiger partial charge in [0, 0.05) is 37.1 Å². The molecule has 0 aliphatic rings. The molecule has 2 aromatic rings. The second-order valence-electron chi connectivity index (χ2n) is 3.19. The van der Waals surface area contributed by atoms with E-state index in [0.29, 0.717) is 0 Å². The van der Waals surface area contributed by atoms with Crippen LogP contribution in [0.1, 0.15) is 5.69 Å². The van der Waals surface area contributed by atoms with E-state index < -0.39 is 0 Å². The van der Waals surface area contributed by atoms with Gasteiger partial charge in [-0.1, -0.05) is 0 Å². The Kier molecular flexibility index (Phi) is 1.72. The molecule has 0 aliphatic carbocycles. The zero-order valence-electron chi connectivity index (χ0n) is 8.13. The van der Waals surface area contributed by atoms with Crippen LogP contribution in [-0.2, 0) is 7.05 Å². The molecule has 0 spiro atoms. The van der Waals surface area contributed by atoms with Crippen LogP contribution in [0, 0.1) is 6.92 Å². The molecule has 0 fully saturated rings. The lowest BCUT2D eigenvalue weighted by atomic mass is 10.3. The summed E-state index contributed by atoms with van der Waals surface area (Å²) in [6.45, 7) is 2.08. The van der Waals surface area contributed by atoms with Crippen molar-refractivity contribution in [2.75, 3.05) is 12.4 Å². The van der Waals surface area contributed by atoms with E-state index in [4.69, 9.17) is 0 Å². The molecule has 0 amide bonds. The van der Waals surface area contributed by atoms with E-state index in [9.17, 15) is 0 Å². The van der Waals surface area contributed by atoms with E-state index in [1.807, 2.05) is 26.4 Å². The molecule has 68 valence electrons. The Morgan fingerprint density at radius 1 is 1.46 bits per heavy atom. The number of hydrogen-bond donors (Lipinski definition) is 1. The van der Waals surface area contributed by atoms with Gasteiger partial charge in [0.05, 0.1) is 0 Å². The molecule has 3 heteroatoms. The quantitative estimate of drug-likeness (QED) is 0.717. The Balaban J connectivity index is 2.84. The standard InChI is InChI=1S/C10H13N3/c1-7-6-8-9(11-2)4-5-12-10(8)13(7)3/h4-6H,1-3H3,(H,11,12). The molecule has 0 saturated heterocycles. The molecule has 2 aromatic heterocycles. The van der Waals surface area contributed by atoms with Gasteiger partial charge in [0.2, 0.25) is 0 Å². The molecular weight excluding hydrogens is 162 g/mol. The molecule has 0 radical (unpaired) electrons. The summed E-state index contributed by atoms with van der Waals surface area (Å²) in [6, 6.07) is 4.13. The lowest BCUT2D eigenvalue weighted by molar-refractivity contribution is 0.902. The molecule has 3 nitrogen and oxygen atoms in total. The summed E-state index contributed by atoms with van der Waals surface area (Å²) < 4.78 is 2.09. The Bertz CT molecular complexity index is 443. The number of anilines is 1. The van der Waals surface area contributed by atoms with Gasteiger partial charge in [-0.05, 0) is 19.1 Å². The number of rotatable bonds is 1. The molecule has 2 rings (SSSR count). The van der Waals surface area contributed by atoms with Gasteiger partial charge < -0.3 is 9.88 Å². The fraction of sp³-hybridized carbons (Fsp3) is 0.300. The highest BCUT2D eigenvalue weighted by Gasteiger charge is 2.05. The van der Waals surface area contributed by atoms with Crippen LogP contribution in [-0.4, -0.2) is 16.6 Å². The van der Waals surface area contributed by atoms with Crippen LogP contribution >= 0.6 is 0 Å². The van der Waals surface area contributed by atoms with Crippen molar-refractivity contribution in [2.45, 2.75) is 6.92 Å². The maximum atomic E-state index is 4.33. The molecule has 0 aliphatic heterocycles. The summed E-state index contributed by atoms with van der Waals surface area (Å²) in [7, 11) is 3.96. The summed E-state index contributed by atoms with van der Waals surface area (Å²) in [5.74, 6) is 0. The molecule has 0 saturated carbocycles. The van der Waals surface area contributed by atoms with Crippen molar-refractivity contribution < 1.29 is 0 Å². The topological polar surface area (TPSA) is 29.9 Å². The first-order chi connectivity index (χ1) is 6.24. The van der Waals surface area contributed by atoms with E-state index in [2.05, 4.69) is 27.9 Å². The molecule has 0 unspecified atom stereocenters. The zero-order chi connectivity index (χ0) is 9.42. The summed E-state index contributed by atoms with van der Waals surface area (Å²) >= 11 is 0. The monoisotopic (exact) mass is 175 g/mol. The summed E-state index contributed by atoms with van der Waals surface area (Å²) in [4.78, 5) is 4.33. The Morgan fingerprint density at radius 2 is 2.23 bits per heavy atom. The highest BCUT2D eigenvalue weighted by molar-refractivity contribution is 5.90. The van der Waals surface area contributed by atoms with Crippen LogP contribution in [0.15, 0.2) is 18.3 Å². The number of aryl methyl sites for hydroxylation is 2. The molecule has 13 heavy (non-hydrogen) atoms.